The van der Waals surface area contributed by atoms with Crippen LogP contribution in [0.25, 0.3) is 53.9 Å². The van der Waals surface area contributed by atoms with Gasteiger partial charge in [-0.25, -0.2) is 0 Å². The molecule has 0 amide bonds. The molecule has 0 spiro atoms. The van der Waals surface area contributed by atoms with Crippen LogP contribution in [-0.2, 0) is 4.43 Å². The van der Waals surface area contributed by atoms with Gasteiger partial charge in [0.25, 0.3) is 0 Å². The Labute approximate surface area is 204 Å². The van der Waals surface area contributed by atoms with Crippen molar-refractivity contribution >= 4 is 83.8 Å². The van der Waals surface area contributed by atoms with Crippen molar-refractivity contribution in [2.24, 2.45) is 0 Å². The van der Waals surface area contributed by atoms with Gasteiger partial charge in [-0.05, 0) is 95.4 Å². The minimum Gasteiger partial charge on any atom is -0.416 e. The Balaban J connectivity index is 1.56. The number of hydrogen-bond acceptors (Lipinski definition) is 1. The second-order valence-electron chi connectivity index (χ2n) is 10.2. The molecule has 0 aromatic heterocycles. The van der Waals surface area contributed by atoms with Crippen molar-refractivity contribution in [2.75, 3.05) is 6.61 Å². The summed E-state index contributed by atoms with van der Waals surface area (Å²) in [6.07, 6.45) is 0. The highest BCUT2D eigenvalue weighted by Gasteiger charge is 2.36. The van der Waals surface area contributed by atoms with Crippen molar-refractivity contribution in [3.05, 3.63) is 91.0 Å². The Morgan fingerprint density at radius 3 is 2.00 bits per heavy atom. The van der Waals surface area contributed by atoms with E-state index in [4.69, 9.17) is 4.43 Å². The van der Waals surface area contributed by atoms with Crippen LogP contribution in [0.15, 0.2) is 91.0 Å². The van der Waals surface area contributed by atoms with Crippen molar-refractivity contribution in [1.29, 1.82) is 0 Å². The summed E-state index contributed by atoms with van der Waals surface area (Å²) < 4.78 is 6.60. The van der Waals surface area contributed by atoms with Crippen LogP contribution in [0.2, 0.25) is 19.1 Å². The number of rotatable bonds is 1. The zero-order valence-corrected chi connectivity index (χ0v) is 22.5. The molecule has 6 aromatic carbocycles. The fourth-order valence-electron chi connectivity index (χ4n) is 5.51. The van der Waals surface area contributed by atoms with Crippen LogP contribution < -0.4 is 5.19 Å². The SMILES string of the molecule is C[Si]1(C)CCO[Si](c2c3ccccc3cc3c2ccc2cc4cc5ccccc5cc4cc23)[Si]1. The van der Waals surface area contributed by atoms with E-state index in [9.17, 15) is 0 Å². The monoisotopic (exact) mass is 485 g/mol. The van der Waals surface area contributed by atoms with Gasteiger partial charge in [0.05, 0.1) is 8.55 Å². The highest BCUT2D eigenvalue weighted by Crippen LogP contribution is 2.34. The summed E-state index contributed by atoms with van der Waals surface area (Å²) in [7, 11) is -1.22. The molecule has 1 nitrogen and oxygen atoms in total. The third-order valence-corrected chi connectivity index (χ3v) is 24.0. The van der Waals surface area contributed by atoms with Crippen molar-refractivity contribution in [1.82, 2.24) is 0 Å². The molecule has 1 fully saturated rings. The smallest absolute Gasteiger partial charge is 0.222 e. The molecule has 7 rings (SSSR count). The Morgan fingerprint density at radius 1 is 0.618 bits per heavy atom. The molecule has 0 saturated carbocycles. The van der Waals surface area contributed by atoms with E-state index in [0.29, 0.717) is 0 Å². The maximum Gasteiger partial charge on any atom is 0.222 e. The molecular formula is C30H25OSi3. The van der Waals surface area contributed by atoms with Gasteiger partial charge in [-0.2, -0.15) is 0 Å². The fraction of sp³-hybridized carbons (Fsp3) is 0.133. The van der Waals surface area contributed by atoms with E-state index in [0.717, 1.165) is 15.2 Å². The summed E-state index contributed by atoms with van der Waals surface area (Å²) in [4.78, 5) is 0. The molecule has 3 radical (unpaired) electrons. The minimum absolute atomic E-state index is 0.941. The lowest BCUT2D eigenvalue weighted by Gasteiger charge is -2.33. The molecular weight excluding hydrogens is 461 g/mol. The van der Waals surface area contributed by atoms with Gasteiger partial charge in [-0.1, -0.05) is 73.8 Å². The Kier molecular flexibility index (Phi) is 4.61. The minimum atomic E-state index is -1.18. The van der Waals surface area contributed by atoms with E-state index in [1.165, 1.54) is 65.1 Å². The summed E-state index contributed by atoms with van der Waals surface area (Å²) in [6, 6.07) is 35.5. The van der Waals surface area contributed by atoms with Gasteiger partial charge in [0.15, 0.2) is 0 Å². The highest BCUT2D eigenvalue weighted by molar-refractivity contribution is 7.49. The second kappa shape index (κ2) is 7.62. The molecule has 0 N–H and O–H groups in total. The lowest BCUT2D eigenvalue weighted by molar-refractivity contribution is 0.357. The Morgan fingerprint density at radius 2 is 1.24 bits per heavy atom. The summed E-state index contributed by atoms with van der Waals surface area (Å²) >= 11 is 0. The second-order valence-corrected chi connectivity index (χ2v) is 24.6. The largest absolute Gasteiger partial charge is 0.416 e. The molecule has 4 heteroatoms. The van der Waals surface area contributed by atoms with Gasteiger partial charge in [0, 0.05) is 14.2 Å². The average Bonchev–Trinajstić information content (AvgIpc) is 2.84. The van der Waals surface area contributed by atoms with Crippen LogP contribution in [0.1, 0.15) is 0 Å². The van der Waals surface area contributed by atoms with Crippen molar-refractivity contribution < 1.29 is 4.43 Å². The van der Waals surface area contributed by atoms with Gasteiger partial charge >= 0.3 is 0 Å². The van der Waals surface area contributed by atoms with Gasteiger partial charge in [-0.15, -0.1) is 0 Å². The molecule has 6 aromatic rings. The van der Waals surface area contributed by atoms with E-state index >= 15 is 0 Å². The lowest BCUT2D eigenvalue weighted by atomic mass is 9.95. The van der Waals surface area contributed by atoms with Crippen molar-refractivity contribution in [3.8, 4) is 0 Å². The first-order valence-electron chi connectivity index (χ1n) is 12.0. The van der Waals surface area contributed by atoms with Gasteiger partial charge in [-0.3, -0.25) is 0 Å². The van der Waals surface area contributed by atoms with Crippen LogP contribution in [-0.4, -0.2) is 31.3 Å². The molecule has 0 unspecified atom stereocenters. The summed E-state index contributed by atoms with van der Waals surface area (Å²) in [5.41, 5.74) is 0. The highest BCUT2D eigenvalue weighted by atomic mass is 29.6. The van der Waals surface area contributed by atoms with Crippen molar-refractivity contribution in [2.45, 2.75) is 19.1 Å². The first-order chi connectivity index (χ1) is 16.6. The third kappa shape index (κ3) is 3.28. The number of fused-ring (bicyclic) bond motifs is 6. The van der Waals surface area contributed by atoms with E-state index in [1.807, 2.05) is 0 Å². The zero-order chi connectivity index (χ0) is 22.9. The van der Waals surface area contributed by atoms with Gasteiger partial charge < -0.3 is 4.43 Å². The Bertz CT molecular complexity index is 1760. The van der Waals surface area contributed by atoms with E-state index in [2.05, 4.69) is 104 Å². The summed E-state index contributed by atoms with van der Waals surface area (Å²) in [6.45, 7) is 6.05. The standard InChI is InChI=1S/C30H25OSi3/c1-34(2)14-13-31-33(32-34)30-26-10-6-5-9-22(26)18-29-27(30)12-11-23-17-24-15-20-7-3-4-8-21(20)16-25(24)19-28(23)29/h3-12,15-19H,13-14H2,1-2H3. The predicted molar refractivity (Wildman–Crippen MR) is 153 cm³/mol. The van der Waals surface area contributed by atoms with Crippen LogP contribution in [0.4, 0.5) is 0 Å². The molecule has 1 aliphatic rings. The summed E-state index contributed by atoms with van der Waals surface area (Å²) in [5, 5.41) is 14.9. The first-order valence-corrected chi connectivity index (χ1v) is 19.7. The molecule has 163 valence electrons. The van der Waals surface area contributed by atoms with Gasteiger partial charge in [0.2, 0.25) is 8.56 Å². The quantitative estimate of drug-likeness (QED) is 0.137. The first kappa shape index (κ1) is 20.6. The molecule has 0 aliphatic carbocycles. The van der Waals surface area contributed by atoms with Crippen LogP contribution in [0, 0.1) is 0 Å². The molecule has 1 heterocycles. The third-order valence-electron chi connectivity index (χ3n) is 7.33. The summed E-state index contributed by atoms with van der Waals surface area (Å²) in [5.74, 6) is 0. The van der Waals surface area contributed by atoms with Crippen LogP contribution >= 0.6 is 0 Å². The van der Waals surface area contributed by atoms with Crippen LogP contribution in [0.3, 0.4) is 0 Å². The van der Waals surface area contributed by atoms with E-state index in [1.54, 1.807) is 0 Å². The topological polar surface area (TPSA) is 9.23 Å². The fourth-order valence-corrected chi connectivity index (χ4v) is 21.3. The average molecular weight is 486 g/mol. The molecule has 1 aliphatic heterocycles. The Hall–Kier alpha value is -2.77. The number of hydrogen-bond donors (Lipinski definition) is 0. The van der Waals surface area contributed by atoms with E-state index < -0.39 is 16.1 Å². The zero-order valence-electron chi connectivity index (χ0n) is 19.5. The molecule has 34 heavy (non-hydrogen) atoms. The lowest BCUT2D eigenvalue weighted by Crippen LogP contribution is -2.56. The van der Waals surface area contributed by atoms with Crippen molar-refractivity contribution in [3.63, 3.8) is 0 Å². The predicted octanol–water partition coefficient (Wildman–Crippen LogP) is 7.09. The normalized spacial score (nSPS) is 16.8. The van der Waals surface area contributed by atoms with Gasteiger partial charge in [0.1, 0.15) is 0 Å². The molecule has 0 bridgehead atoms. The number of benzene rings is 6. The van der Waals surface area contributed by atoms with Crippen LogP contribution in [0.5, 0.6) is 0 Å². The maximum absolute atomic E-state index is 6.60. The molecule has 0 atom stereocenters. The molecule has 1 saturated heterocycles. The van der Waals surface area contributed by atoms with E-state index in [-0.39, 0.29) is 0 Å². The maximum atomic E-state index is 6.60.